The van der Waals surface area contributed by atoms with Crippen molar-refractivity contribution in [1.29, 1.82) is 0 Å². The van der Waals surface area contributed by atoms with E-state index in [0.717, 1.165) is 11.3 Å². The Kier molecular flexibility index (Phi) is 3.87. The van der Waals surface area contributed by atoms with Gasteiger partial charge in [0.05, 0.1) is 15.8 Å². The summed E-state index contributed by atoms with van der Waals surface area (Å²) in [6.45, 7) is 0. The molecule has 6 heteroatoms. The number of hydrogen-bond acceptors (Lipinski definition) is 3. The predicted octanol–water partition coefficient (Wildman–Crippen LogP) is 4.17. The molecule has 1 amide bonds. The van der Waals surface area contributed by atoms with Crippen molar-refractivity contribution in [2.75, 3.05) is 10.7 Å². The summed E-state index contributed by atoms with van der Waals surface area (Å²) in [5, 5.41) is 0.847. The second-order valence-corrected chi connectivity index (χ2v) is 6.19. The molecule has 1 atom stereocenters. The van der Waals surface area contributed by atoms with E-state index in [1.807, 2.05) is 12.1 Å². The van der Waals surface area contributed by atoms with Crippen LogP contribution in [0.5, 0.6) is 0 Å². The van der Waals surface area contributed by atoms with Gasteiger partial charge in [0, 0.05) is 23.6 Å². The van der Waals surface area contributed by atoms with Crippen molar-refractivity contribution < 1.29 is 4.79 Å². The molecule has 102 valence electrons. The largest absolute Gasteiger partial charge is 0.295 e. The number of carbonyl (C=O) groups excluding carboxylic acids is 1. The Morgan fingerprint density at radius 2 is 2.10 bits per heavy atom. The highest BCUT2D eigenvalue weighted by molar-refractivity contribution is 8.00. The van der Waals surface area contributed by atoms with Gasteiger partial charge in [-0.05, 0) is 24.3 Å². The van der Waals surface area contributed by atoms with E-state index in [0.29, 0.717) is 15.8 Å². The van der Waals surface area contributed by atoms with Crippen LogP contribution in [0.2, 0.25) is 10.0 Å². The molecule has 0 N–H and O–H groups in total. The number of pyridine rings is 1. The maximum atomic E-state index is 12.2. The topological polar surface area (TPSA) is 33.2 Å². The lowest BCUT2D eigenvalue weighted by Gasteiger charge is -2.24. The van der Waals surface area contributed by atoms with E-state index < -0.39 is 0 Å². The summed E-state index contributed by atoms with van der Waals surface area (Å²) in [4.78, 5) is 18.0. The Hall–Kier alpha value is -1.23. The van der Waals surface area contributed by atoms with Crippen LogP contribution in [-0.2, 0) is 4.79 Å². The van der Waals surface area contributed by atoms with Crippen LogP contribution < -0.4 is 4.90 Å². The number of nitrogens with zero attached hydrogens (tertiary/aromatic N) is 2. The summed E-state index contributed by atoms with van der Waals surface area (Å²) in [5.74, 6) is 0.502. The SMILES string of the molecule is O=C1CS[C@H](c2cccnc2)N1c1ccc(Cl)c(Cl)c1. The Balaban J connectivity index is 2.00. The minimum absolute atomic E-state index is 0.0576. The van der Waals surface area contributed by atoms with Gasteiger partial charge in [0.15, 0.2) is 0 Å². The summed E-state index contributed by atoms with van der Waals surface area (Å²) in [5.41, 5.74) is 1.75. The second kappa shape index (κ2) is 5.64. The minimum atomic E-state index is -0.0755. The number of aromatic nitrogens is 1. The first-order chi connectivity index (χ1) is 9.66. The number of amides is 1. The molecule has 2 aromatic rings. The van der Waals surface area contributed by atoms with Gasteiger partial charge >= 0.3 is 0 Å². The van der Waals surface area contributed by atoms with Crippen molar-refractivity contribution in [3.63, 3.8) is 0 Å². The van der Waals surface area contributed by atoms with E-state index in [4.69, 9.17) is 23.2 Å². The average Bonchev–Trinajstić information content (AvgIpc) is 2.85. The van der Waals surface area contributed by atoms with Gasteiger partial charge < -0.3 is 0 Å². The highest BCUT2D eigenvalue weighted by Crippen LogP contribution is 2.42. The molecule has 0 unspecified atom stereocenters. The maximum Gasteiger partial charge on any atom is 0.238 e. The third kappa shape index (κ3) is 2.51. The van der Waals surface area contributed by atoms with Gasteiger partial charge in [-0.15, -0.1) is 11.8 Å². The van der Waals surface area contributed by atoms with Crippen molar-refractivity contribution in [2.24, 2.45) is 0 Å². The normalized spacial score (nSPS) is 18.6. The van der Waals surface area contributed by atoms with E-state index in [2.05, 4.69) is 4.98 Å². The number of carbonyl (C=O) groups is 1. The molecule has 2 heterocycles. The standard InChI is InChI=1S/C14H10Cl2N2OS/c15-11-4-3-10(6-12(11)16)18-13(19)8-20-14(18)9-2-1-5-17-7-9/h1-7,14H,8H2/t14-/m1/s1. The molecule has 1 fully saturated rings. The van der Waals surface area contributed by atoms with Crippen LogP contribution in [0.4, 0.5) is 5.69 Å². The minimum Gasteiger partial charge on any atom is -0.295 e. The Labute approximate surface area is 130 Å². The zero-order chi connectivity index (χ0) is 14.1. The molecule has 1 saturated heterocycles. The van der Waals surface area contributed by atoms with Crippen molar-refractivity contribution in [1.82, 2.24) is 4.98 Å². The molecule has 0 saturated carbocycles. The first-order valence-electron chi connectivity index (χ1n) is 5.95. The molecule has 1 aromatic carbocycles. The zero-order valence-corrected chi connectivity index (χ0v) is 12.6. The van der Waals surface area contributed by atoms with Crippen molar-refractivity contribution in [2.45, 2.75) is 5.37 Å². The molecule has 1 aromatic heterocycles. The molecule has 0 bridgehead atoms. The molecular weight excluding hydrogens is 315 g/mol. The summed E-state index contributed by atoms with van der Waals surface area (Å²) in [6.07, 6.45) is 3.50. The van der Waals surface area contributed by atoms with Crippen LogP contribution in [0.3, 0.4) is 0 Å². The smallest absolute Gasteiger partial charge is 0.238 e. The third-order valence-electron chi connectivity index (χ3n) is 3.02. The highest BCUT2D eigenvalue weighted by atomic mass is 35.5. The summed E-state index contributed by atoms with van der Waals surface area (Å²) < 4.78 is 0. The molecule has 3 rings (SSSR count). The first kappa shape index (κ1) is 13.7. The molecule has 1 aliphatic rings. The van der Waals surface area contributed by atoms with Gasteiger partial charge in [-0.3, -0.25) is 14.7 Å². The molecular formula is C14H10Cl2N2OS. The lowest BCUT2D eigenvalue weighted by molar-refractivity contribution is -0.115. The molecule has 20 heavy (non-hydrogen) atoms. The van der Waals surface area contributed by atoms with Gasteiger partial charge in [-0.25, -0.2) is 0 Å². The zero-order valence-electron chi connectivity index (χ0n) is 10.3. The fourth-order valence-electron chi connectivity index (χ4n) is 2.11. The third-order valence-corrected chi connectivity index (χ3v) is 4.97. The number of rotatable bonds is 2. The van der Waals surface area contributed by atoms with E-state index in [9.17, 15) is 4.79 Å². The van der Waals surface area contributed by atoms with Gasteiger partial charge in [0.25, 0.3) is 0 Å². The molecule has 1 aliphatic heterocycles. The molecule has 0 radical (unpaired) electrons. The number of thioether (sulfide) groups is 1. The monoisotopic (exact) mass is 324 g/mol. The average molecular weight is 325 g/mol. The fraction of sp³-hybridized carbons (Fsp3) is 0.143. The van der Waals surface area contributed by atoms with Crippen molar-refractivity contribution in [3.8, 4) is 0 Å². The van der Waals surface area contributed by atoms with Crippen LogP contribution in [0.1, 0.15) is 10.9 Å². The van der Waals surface area contributed by atoms with Gasteiger partial charge in [-0.1, -0.05) is 29.3 Å². The number of hydrogen-bond donors (Lipinski definition) is 0. The summed E-state index contributed by atoms with van der Waals surface area (Å²) in [6, 6.07) is 9.06. The van der Waals surface area contributed by atoms with Crippen molar-refractivity contribution in [3.05, 3.63) is 58.3 Å². The first-order valence-corrected chi connectivity index (χ1v) is 7.76. The maximum absolute atomic E-state index is 12.2. The van der Waals surface area contributed by atoms with Gasteiger partial charge in [0.1, 0.15) is 5.37 Å². The molecule has 3 nitrogen and oxygen atoms in total. The van der Waals surface area contributed by atoms with Gasteiger partial charge in [0.2, 0.25) is 5.91 Å². The Bertz CT molecular complexity index is 651. The molecule has 0 spiro atoms. The number of anilines is 1. The van der Waals surface area contributed by atoms with E-state index in [1.54, 1.807) is 47.3 Å². The Morgan fingerprint density at radius 1 is 1.25 bits per heavy atom. The summed E-state index contributed by atoms with van der Waals surface area (Å²) >= 11 is 13.5. The van der Waals surface area contributed by atoms with Crippen LogP contribution in [0.15, 0.2) is 42.7 Å². The quantitative estimate of drug-likeness (QED) is 0.831. The van der Waals surface area contributed by atoms with Gasteiger partial charge in [-0.2, -0.15) is 0 Å². The van der Waals surface area contributed by atoms with Crippen molar-refractivity contribution >= 4 is 46.6 Å². The second-order valence-electron chi connectivity index (χ2n) is 4.31. The van der Waals surface area contributed by atoms with E-state index in [1.165, 1.54) is 0 Å². The lowest BCUT2D eigenvalue weighted by atomic mass is 10.2. The van der Waals surface area contributed by atoms with Crippen LogP contribution in [0.25, 0.3) is 0 Å². The highest BCUT2D eigenvalue weighted by Gasteiger charge is 2.34. The predicted molar refractivity (Wildman–Crippen MR) is 83.4 cm³/mol. The number of halogens is 2. The number of benzene rings is 1. The van der Waals surface area contributed by atoms with Crippen LogP contribution in [-0.4, -0.2) is 16.6 Å². The van der Waals surface area contributed by atoms with E-state index >= 15 is 0 Å². The molecule has 0 aliphatic carbocycles. The van der Waals surface area contributed by atoms with Crippen LogP contribution in [0, 0.1) is 0 Å². The van der Waals surface area contributed by atoms with Crippen LogP contribution >= 0.6 is 35.0 Å². The Morgan fingerprint density at radius 3 is 2.80 bits per heavy atom. The summed E-state index contributed by atoms with van der Waals surface area (Å²) in [7, 11) is 0. The van der Waals surface area contributed by atoms with E-state index in [-0.39, 0.29) is 11.3 Å². The lowest BCUT2D eigenvalue weighted by Crippen LogP contribution is -2.27. The fourth-order valence-corrected chi connectivity index (χ4v) is 3.56.